The van der Waals surface area contributed by atoms with Crippen LogP contribution in [0.15, 0.2) is 12.3 Å². The highest BCUT2D eigenvalue weighted by molar-refractivity contribution is 5.38. The van der Waals surface area contributed by atoms with E-state index in [-0.39, 0.29) is 0 Å². The Hall–Kier alpha value is -1.20. The second-order valence-electron chi connectivity index (χ2n) is 4.74. The van der Waals surface area contributed by atoms with Gasteiger partial charge >= 0.3 is 0 Å². The monoisotopic (exact) mass is 220 g/mol. The smallest absolute Gasteiger partial charge is 0.225 e. The van der Waals surface area contributed by atoms with E-state index in [4.69, 9.17) is 4.74 Å². The highest BCUT2D eigenvalue weighted by Gasteiger charge is 2.48. The molecule has 2 aliphatic heterocycles. The van der Waals surface area contributed by atoms with Crippen LogP contribution in [0, 0.1) is 5.41 Å². The summed E-state index contributed by atoms with van der Waals surface area (Å²) in [6.45, 7) is 4.99. The zero-order chi connectivity index (χ0) is 11.0. The van der Waals surface area contributed by atoms with Crippen LogP contribution in [0.3, 0.4) is 0 Å². The van der Waals surface area contributed by atoms with Crippen molar-refractivity contribution in [2.45, 2.75) is 6.61 Å². The number of nitrogens with one attached hydrogen (secondary N) is 1. The average molecular weight is 220 g/mol. The van der Waals surface area contributed by atoms with Crippen molar-refractivity contribution in [3.63, 3.8) is 0 Å². The predicted octanol–water partition coefficient (Wildman–Crippen LogP) is 0.0326. The van der Waals surface area contributed by atoms with E-state index in [0.717, 1.165) is 37.8 Å². The fourth-order valence-electron chi connectivity index (χ4n) is 2.37. The van der Waals surface area contributed by atoms with Crippen molar-refractivity contribution in [3.05, 3.63) is 18.0 Å². The second kappa shape index (κ2) is 3.68. The Kier molecular flexibility index (Phi) is 2.29. The molecule has 16 heavy (non-hydrogen) atoms. The van der Waals surface area contributed by atoms with E-state index < -0.39 is 0 Å². The molecule has 2 saturated heterocycles. The van der Waals surface area contributed by atoms with E-state index in [0.29, 0.717) is 12.0 Å². The lowest BCUT2D eigenvalue weighted by Gasteiger charge is -2.56. The lowest BCUT2D eigenvalue weighted by Crippen LogP contribution is -2.71. The molecule has 1 aromatic rings. The minimum Gasteiger partial charge on any atom is -0.378 e. The predicted molar refractivity (Wildman–Crippen MR) is 60.3 cm³/mol. The van der Waals surface area contributed by atoms with Gasteiger partial charge in [0.05, 0.1) is 12.3 Å². The summed E-state index contributed by atoms with van der Waals surface area (Å²) in [6, 6.07) is 1.90. The second-order valence-corrected chi connectivity index (χ2v) is 4.74. The summed E-state index contributed by atoms with van der Waals surface area (Å²) in [5.41, 5.74) is 1.46. The van der Waals surface area contributed by atoms with Crippen molar-refractivity contribution in [3.8, 4) is 0 Å². The number of aromatic nitrogens is 2. The van der Waals surface area contributed by atoms with Gasteiger partial charge in [-0.15, -0.1) is 0 Å². The van der Waals surface area contributed by atoms with Crippen LogP contribution >= 0.6 is 0 Å². The van der Waals surface area contributed by atoms with Crippen molar-refractivity contribution in [2.24, 2.45) is 5.41 Å². The fraction of sp³-hybridized carbons (Fsp3) is 0.636. The molecular formula is C11H16N4O. The molecule has 0 amide bonds. The van der Waals surface area contributed by atoms with Gasteiger partial charge in [-0.3, -0.25) is 0 Å². The maximum absolute atomic E-state index is 5.07. The molecule has 2 fully saturated rings. The third-order valence-corrected chi connectivity index (χ3v) is 3.33. The first kappa shape index (κ1) is 9.99. The largest absolute Gasteiger partial charge is 0.378 e. The van der Waals surface area contributed by atoms with Gasteiger partial charge in [0, 0.05) is 44.9 Å². The summed E-state index contributed by atoms with van der Waals surface area (Å²) in [5, 5.41) is 3.32. The molecular weight excluding hydrogens is 204 g/mol. The molecule has 1 aromatic heterocycles. The maximum Gasteiger partial charge on any atom is 0.225 e. The molecule has 0 atom stereocenters. The van der Waals surface area contributed by atoms with Crippen LogP contribution < -0.4 is 10.2 Å². The summed E-state index contributed by atoms with van der Waals surface area (Å²) >= 11 is 0. The van der Waals surface area contributed by atoms with Gasteiger partial charge in [-0.25, -0.2) is 9.97 Å². The minimum atomic E-state index is 0.515. The molecule has 0 unspecified atom stereocenters. The Morgan fingerprint density at radius 3 is 2.94 bits per heavy atom. The average Bonchev–Trinajstić information content (AvgIpc) is 2.14. The van der Waals surface area contributed by atoms with E-state index in [1.165, 1.54) is 0 Å². The van der Waals surface area contributed by atoms with Crippen molar-refractivity contribution < 1.29 is 4.74 Å². The van der Waals surface area contributed by atoms with Gasteiger partial charge in [-0.2, -0.15) is 0 Å². The van der Waals surface area contributed by atoms with Crippen molar-refractivity contribution in [1.29, 1.82) is 0 Å². The summed E-state index contributed by atoms with van der Waals surface area (Å²) in [5.74, 6) is 0.840. The Balaban J connectivity index is 1.68. The zero-order valence-corrected chi connectivity index (χ0v) is 9.44. The quantitative estimate of drug-likeness (QED) is 0.779. The Bertz CT molecular complexity index is 383. The van der Waals surface area contributed by atoms with E-state index in [2.05, 4.69) is 20.2 Å². The number of methoxy groups -OCH3 is 1. The molecule has 0 bridgehead atoms. The Morgan fingerprint density at radius 1 is 1.50 bits per heavy atom. The number of rotatable bonds is 3. The highest BCUT2D eigenvalue weighted by atomic mass is 16.5. The first-order chi connectivity index (χ1) is 7.81. The van der Waals surface area contributed by atoms with Crippen LogP contribution in [0.2, 0.25) is 0 Å². The fourth-order valence-corrected chi connectivity index (χ4v) is 2.37. The molecule has 0 aliphatic carbocycles. The lowest BCUT2D eigenvalue weighted by atomic mass is 9.75. The van der Waals surface area contributed by atoms with Gasteiger partial charge in [-0.1, -0.05) is 0 Å². The summed E-state index contributed by atoms with van der Waals surface area (Å²) in [4.78, 5) is 11.0. The molecule has 86 valence electrons. The molecule has 3 rings (SSSR count). The summed E-state index contributed by atoms with van der Waals surface area (Å²) in [7, 11) is 1.68. The molecule has 1 N–H and O–H groups in total. The van der Waals surface area contributed by atoms with Gasteiger partial charge in [-0.05, 0) is 6.07 Å². The van der Waals surface area contributed by atoms with Gasteiger partial charge in [0.2, 0.25) is 5.95 Å². The third kappa shape index (κ3) is 1.56. The number of ether oxygens (including phenoxy) is 1. The lowest BCUT2D eigenvalue weighted by molar-refractivity contribution is 0.119. The molecule has 0 saturated carbocycles. The van der Waals surface area contributed by atoms with Crippen LogP contribution in [-0.4, -0.2) is 43.3 Å². The standard InChI is InChI=1S/C11H16N4O/c1-16-4-9-2-3-13-10(14-9)15-7-11(8-15)5-12-6-11/h2-3,12H,4-8H2,1H3. The SMILES string of the molecule is COCc1ccnc(N2CC3(CNC3)C2)n1. The van der Waals surface area contributed by atoms with Crippen molar-refractivity contribution in [1.82, 2.24) is 15.3 Å². The first-order valence-corrected chi connectivity index (χ1v) is 5.58. The molecule has 3 heterocycles. The van der Waals surface area contributed by atoms with Crippen molar-refractivity contribution >= 4 is 5.95 Å². The Morgan fingerprint density at radius 2 is 2.31 bits per heavy atom. The van der Waals surface area contributed by atoms with Crippen LogP contribution in [0.1, 0.15) is 5.69 Å². The third-order valence-electron chi connectivity index (χ3n) is 3.33. The van der Waals surface area contributed by atoms with Gasteiger partial charge in [0.1, 0.15) is 0 Å². The number of nitrogens with zero attached hydrogens (tertiary/aromatic N) is 3. The van der Waals surface area contributed by atoms with Gasteiger partial charge in [0.25, 0.3) is 0 Å². The minimum absolute atomic E-state index is 0.515. The topological polar surface area (TPSA) is 50.3 Å². The molecule has 5 heteroatoms. The number of hydrogen-bond donors (Lipinski definition) is 1. The van der Waals surface area contributed by atoms with E-state index in [1.807, 2.05) is 6.07 Å². The molecule has 0 radical (unpaired) electrons. The number of hydrogen-bond acceptors (Lipinski definition) is 5. The molecule has 0 aromatic carbocycles. The highest BCUT2D eigenvalue weighted by Crippen LogP contribution is 2.35. The first-order valence-electron chi connectivity index (χ1n) is 5.58. The van der Waals surface area contributed by atoms with Crippen LogP contribution in [0.5, 0.6) is 0 Å². The molecule has 1 spiro atoms. The maximum atomic E-state index is 5.07. The van der Waals surface area contributed by atoms with E-state index >= 15 is 0 Å². The van der Waals surface area contributed by atoms with Gasteiger partial charge < -0.3 is 15.0 Å². The van der Waals surface area contributed by atoms with E-state index in [9.17, 15) is 0 Å². The van der Waals surface area contributed by atoms with Crippen LogP contribution in [-0.2, 0) is 11.3 Å². The number of anilines is 1. The van der Waals surface area contributed by atoms with Crippen LogP contribution in [0.25, 0.3) is 0 Å². The molecule has 5 nitrogen and oxygen atoms in total. The molecule has 2 aliphatic rings. The van der Waals surface area contributed by atoms with Crippen molar-refractivity contribution in [2.75, 3.05) is 38.2 Å². The Labute approximate surface area is 94.8 Å². The van der Waals surface area contributed by atoms with Crippen LogP contribution in [0.4, 0.5) is 5.95 Å². The normalized spacial score (nSPS) is 21.7. The zero-order valence-electron chi connectivity index (χ0n) is 9.44. The summed E-state index contributed by atoms with van der Waals surface area (Å²) < 4.78 is 5.07. The van der Waals surface area contributed by atoms with E-state index in [1.54, 1.807) is 13.3 Å². The van der Waals surface area contributed by atoms with Gasteiger partial charge in [0.15, 0.2) is 0 Å². The summed E-state index contributed by atoms with van der Waals surface area (Å²) in [6.07, 6.45) is 1.81.